The Kier molecular flexibility index (Phi) is 3.07. The first-order chi connectivity index (χ1) is 9.33. The summed E-state index contributed by atoms with van der Waals surface area (Å²) in [6, 6.07) is 5.98. The zero-order valence-corrected chi connectivity index (χ0v) is 10.7. The molecule has 0 aliphatic heterocycles. The van der Waals surface area contributed by atoms with Crippen LogP contribution in [-0.2, 0) is 17.6 Å². The molecule has 0 fully saturated rings. The zero-order valence-electron chi connectivity index (χ0n) is 10.7. The van der Waals surface area contributed by atoms with E-state index in [4.69, 9.17) is 0 Å². The van der Waals surface area contributed by atoms with Crippen molar-refractivity contribution in [1.29, 1.82) is 0 Å². The van der Waals surface area contributed by atoms with E-state index in [1.54, 1.807) is 0 Å². The van der Waals surface area contributed by atoms with E-state index in [1.807, 2.05) is 28.8 Å². The van der Waals surface area contributed by atoms with Crippen LogP contribution in [-0.4, -0.2) is 23.1 Å². The molecule has 1 aliphatic rings. The van der Waals surface area contributed by atoms with Crippen molar-refractivity contribution in [3.63, 3.8) is 0 Å². The Hall–Kier alpha value is -2.10. The van der Waals surface area contributed by atoms with Gasteiger partial charge in [0.05, 0.1) is 5.69 Å². The molecule has 2 aromatic rings. The Balaban J connectivity index is 2.14. The van der Waals surface area contributed by atoms with Gasteiger partial charge in [0.2, 0.25) is 6.41 Å². The van der Waals surface area contributed by atoms with Crippen molar-refractivity contribution >= 4 is 17.7 Å². The number of carbonyl (C=O) groups is 2. The van der Waals surface area contributed by atoms with Crippen molar-refractivity contribution in [2.75, 3.05) is 6.54 Å². The van der Waals surface area contributed by atoms with Gasteiger partial charge >= 0.3 is 0 Å². The fourth-order valence-electron chi connectivity index (χ4n) is 2.98. The van der Waals surface area contributed by atoms with Crippen LogP contribution in [0.1, 0.15) is 34.5 Å². The van der Waals surface area contributed by atoms with Crippen LogP contribution < -0.4 is 5.32 Å². The van der Waals surface area contributed by atoms with Crippen LogP contribution in [0.3, 0.4) is 0 Å². The van der Waals surface area contributed by atoms with Crippen molar-refractivity contribution < 1.29 is 9.59 Å². The minimum absolute atomic E-state index is 0.233. The monoisotopic (exact) mass is 256 g/mol. The summed E-state index contributed by atoms with van der Waals surface area (Å²) in [5.41, 5.74) is 4.33. The Bertz CT molecular complexity index is 643. The Morgan fingerprint density at radius 1 is 1.32 bits per heavy atom. The summed E-state index contributed by atoms with van der Waals surface area (Å²) in [7, 11) is 0. The number of hydrogen-bond acceptors (Lipinski definition) is 2. The van der Waals surface area contributed by atoms with E-state index in [0.29, 0.717) is 13.0 Å². The first-order valence-electron chi connectivity index (χ1n) is 6.64. The lowest BCUT2D eigenvalue weighted by Crippen LogP contribution is -2.16. The normalized spacial score (nSPS) is 14.4. The van der Waals surface area contributed by atoms with Crippen molar-refractivity contribution in [2.24, 2.45) is 0 Å². The second-order valence-electron chi connectivity index (χ2n) is 4.86. The predicted octanol–water partition coefficient (Wildman–Crippen LogP) is 1.75. The minimum Gasteiger partial charge on any atom is -0.358 e. The van der Waals surface area contributed by atoms with Crippen molar-refractivity contribution in [2.45, 2.75) is 25.7 Å². The molecule has 1 aliphatic carbocycles. The smallest absolute Gasteiger partial charge is 0.207 e. The molecule has 2 heterocycles. The highest BCUT2D eigenvalue weighted by molar-refractivity contribution is 5.99. The third kappa shape index (κ3) is 1.93. The van der Waals surface area contributed by atoms with Gasteiger partial charge in [0.15, 0.2) is 5.78 Å². The zero-order chi connectivity index (χ0) is 13.2. The highest BCUT2D eigenvalue weighted by Crippen LogP contribution is 2.30. The summed E-state index contributed by atoms with van der Waals surface area (Å²) in [4.78, 5) is 22.5. The number of rotatable bonds is 4. The van der Waals surface area contributed by atoms with Gasteiger partial charge in [0, 0.05) is 24.7 Å². The number of pyridine rings is 1. The number of fused-ring (bicyclic) bond motifs is 3. The van der Waals surface area contributed by atoms with E-state index >= 15 is 0 Å². The molecule has 0 spiro atoms. The van der Waals surface area contributed by atoms with Gasteiger partial charge in [-0.3, -0.25) is 9.59 Å². The second kappa shape index (κ2) is 4.88. The van der Waals surface area contributed by atoms with E-state index in [1.165, 1.54) is 11.1 Å². The maximum Gasteiger partial charge on any atom is 0.207 e. The van der Waals surface area contributed by atoms with Crippen LogP contribution in [0.4, 0.5) is 0 Å². The lowest BCUT2D eigenvalue weighted by atomic mass is 9.92. The Morgan fingerprint density at radius 3 is 3.05 bits per heavy atom. The molecule has 4 heteroatoms. The highest BCUT2D eigenvalue weighted by Gasteiger charge is 2.25. The summed E-state index contributed by atoms with van der Waals surface area (Å²) in [5.74, 6) is 0.233. The largest absolute Gasteiger partial charge is 0.358 e. The SMILES string of the molecule is O=CNCCc1c2c(n3ccccc13)C(=O)CCC2. The van der Waals surface area contributed by atoms with E-state index < -0.39 is 0 Å². The minimum atomic E-state index is 0.233. The van der Waals surface area contributed by atoms with Crippen LogP contribution in [0.15, 0.2) is 24.4 Å². The molecule has 0 bridgehead atoms. The van der Waals surface area contributed by atoms with Crippen molar-refractivity contribution in [3.8, 4) is 0 Å². The predicted molar refractivity (Wildman–Crippen MR) is 72.4 cm³/mol. The molecular formula is C15H16N2O2. The molecule has 3 rings (SSSR count). The van der Waals surface area contributed by atoms with Crippen LogP contribution in [0.25, 0.3) is 5.52 Å². The molecule has 19 heavy (non-hydrogen) atoms. The van der Waals surface area contributed by atoms with Crippen LogP contribution in [0.5, 0.6) is 0 Å². The average molecular weight is 256 g/mol. The number of amides is 1. The summed E-state index contributed by atoms with van der Waals surface area (Å²) < 4.78 is 2.01. The maximum absolute atomic E-state index is 12.2. The number of ketones is 1. The van der Waals surface area contributed by atoms with E-state index in [2.05, 4.69) is 5.32 Å². The molecule has 1 amide bonds. The molecule has 0 saturated heterocycles. The number of nitrogens with zero attached hydrogens (tertiary/aromatic N) is 1. The second-order valence-corrected chi connectivity index (χ2v) is 4.86. The van der Waals surface area contributed by atoms with Gasteiger partial charge in [-0.25, -0.2) is 0 Å². The number of nitrogens with one attached hydrogen (secondary N) is 1. The van der Waals surface area contributed by atoms with E-state index in [9.17, 15) is 9.59 Å². The molecule has 0 unspecified atom stereocenters. The van der Waals surface area contributed by atoms with Crippen LogP contribution in [0, 0.1) is 0 Å². The Morgan fingerprint density at radius 2 is 2.21 bits per heavy atom. The quantitative estimate of drug-likeness (QED) is 0.669. The van der Waals surface area contributed by atoms with Gasteiger partial charge in [0.25, 0.3) is 0 Å². The fraction of sp³-hybridized carbons (Fsp3) is 0.333. The highest BCUT2D eigenvalue weighted by atomic mass is 16.1. The van der Waals surface area contributed by atoms with Gasteiger partial charge in [0.1, 0.15) is 0 Å². The molecular weight excluding hydrogens is 240 g/mol. The Labute approximate surface area is 111 Å². The first kappa shape index (κ1) is 12.0. The summed E-state index contributed by atoms with van der Waals surface area (Å²) in [5, 5.41) is 2.69. The molecule has 0 saturated carbocycles. The lowest BCUT2D eigenvalue weighted by molar-refractivity contribution is -0.109. The van der Waals surface area contributed by atoms with Crippen LogP contribution in [0.2, 0.25) is 0 Å². The van der Waals surface area contributed by atoms with Gasteiger partial charge in [-0.1, -0.05) is 6.07 Å². The third-order valence-electron chi connectivity index (χ3n) is 3.76. The number of aromatic nitrogens is 1. The molecule has 1 N–H and O–H groups in total. The maximum atomic E-state index is 12.2. The topological polar surface area (TPSA) is 50.6 Å². The fourth-order valence-corrected chi connectivity index (χ4v) is 2.98. The average Bonchev–Trinajstić information content (AvgIpc) is 2.75. The summed E-state index contributed by atoms with van der Waals surface area (Å²) >= 11 is 0. The number of Topliss-reactive ketones (excluding diaryl/α,β-unsaturated/α-hetero) is 1. The molecule has 0 atom stereocenters. The van der Waals surface area contributed by atoms with E-state index in [-0.39, 0.29) is 5.78 Å². The molecule has 0 aromatic carbocycles. The van der Waals surface area contributed by atoms with Crippen LogP contribution >= 0.6 is 0 Å². The first-order valence-corrected chi connectivity index (χ1v) is 6.64. The molecule has 4 nitrogen and oxygen atoms in total. The van der Waals surface area contributed by atoms with E-state index in [0.717, 1.165) is 36.9 Å². The number of carbonyl (C=O) groups excluding carboxylic acids is 2. The third-order valence-corrected chi connectivity index (χ3v) is 3.76. The molecule has 2 aromatic heterocycles. The van der Waals surface area contributed by atoms with Gasteiger partial charge in [-0.05, 0) is 42.5 Å². The molecule has 0 radical (unpaired) electrons. The molecule has 98 valence electrons. The van der Waals surface area contributed by atoms with Crippen molar-refractivity contribution in [3.05, 3.63) is 41.2 Å². The summed E-state index contributed by atoms with van der Waals surface area (Å²) in [6.45, 7) is 0.610. The van der Waals surface area contributed by atoms with Crippen molar-refractivity contribution in [1.82, 2.24) is 9.72 Å². The number of hydrogen-bond donors (Lipinski definition) is 1. The lowest BCUT2D eigenvalue weighted by Gasteiger charge is -2.12. The summed E-state index contributed by atoms with van der Waals surface area (Å²) in [6.07, 6.45) is 5.97. The van der Waals surface area contributed by atoms with Gasteiger partial charge in [-0.2, -0.15) is 0 Å². The van der Waals surface area contributed by atoms with Gasteiger partial charge < -0.3 is 9.72 Å². The standard InChI is InChI=1S/C15H16N2O2/c18-10-16-8-7-11-12-4-3-6-14(19)15(12)17-9-2-1-5-13(11)17/h1-2,5,9-10H,3-4,6-8H2,(H,16,18). The van der Waals surface area contributed by atoms with Gasteiger partial charge in [-0.15, -0.1) is 0 Å².